The molecule has 1 amide bonds. The molecule has 1 fully saturated rings. The molecule has 2 aromatic carbocycles. The summed E-state index contributed by atoms with van der Waals surface area (Å²) < 4.78 is 11.8. The van der Waals surface area contributed by atoms with Crippen molar-refractivity contribution in [1.29, 1.82) is 0 Å². The van der Waals surface area contributed by atoms with Crippen molar-refractivity contribution in [1.82, 2.24) is 14.9 Å². The number of fused-ring (bicyclic) bond motifs is 1. The fourth-order valence-electron chi connectivity index (χ4n) is 4.17. The molecule has 170 valence electrons. The molecule has 0 spiro atoms. The average molecular weight is 445 g/mol. The number of nitrogens with zero attached hydrogens (tertiary/aromatic N) is 4. The van der Waals surface area contributed by atoms with Crippen molar-refractivity contribution < 1.29 is 14.3 Å². The minimum atomic E-state index is 0.102. The van der Waals surface area contributed by atoms with Crippen LogP contribution in [0.5, 0.6) is 11.6 Å². The fraction of sp³-hybridized carbons (Fsp3) is 0.346. The lowest BCUT2D eigenvalue weighted by atomic mass is 10.0. The molecule has 1 saturated heterocycles. The van der Waals surface area contributed by atoms with Crippen molar-refractivity contribution in [2.75, 3.05) is 37.7 Å². The van der Waals surface area contributed by atoms with Crippen LogP contribution in [-0.2, 0) is 28.9 Å². The Kier molecular flexibility index (Phi) is 6.21. The third-order valence-electron chi connectivity index (χ3n) is 6.09. The number of anilines is 1. The van der Waals surface area contributed by atoms with Crippen molar-refractivity contribution in [3.05, 3.63) is 77.0 Å². The maximum atomic E-state index is 13.0. The SMILES string of the molecule is Cc1ccc(Oc2nc(N3CCOCC3)nc3c2CN(C(=O)Cc2ccccc2)CC3)cc1. The smallest absolute Gasteiger partial charge is 0.229 e. The predicted octanol–water partition coefficient (Wildman–Crippen LogP) is 3.54. The van der Waals surface area contributed by atoms with Crippen molar-refractivity contribution in [3.8, 4) is 11.6 Å². The first kappa shape index (κ1) is 21.4. The molecule has 0 saturated carbocycles. The first-order chi connectivity index (χ1) is 16.2. The van der Waals surface area contributed by atoms with E-state index >= 15 is 0 Å². The zero-order valence-electron chi connectivity index (χ0n) is 18.9. The van der Waals surface area contributed by atoms with Crippen LogP contribution in [0.4, 0.5) is 5.95 Å². The lowest BCUT2D eigenvalue weighted by Gasteiger charge is -2.32. The number of aromatic nitrogens is 2. The van der Waals surface area contributed by atoms with Gasteiger partial charge in [-0.3, -0.25) is 4.79 Å². The quantitative estimate of drug-likeness (QED) is 0.600. The highest BCUT2D eigenvalue weighted by Gasteiger charge is 2.28. The Morgan fingerprint density at radius 2 is 1.76 bits per heavy atom. The van der Waals surface area contributed by atoms with Gasteiger partial charge in [0.2, 0.25) is 17.7 Å². The number of ether oxygens (including phenoxy) is 2. The van der Waals surface area contributed by atoms with E-state index in [0.29, 0.717) is 51.0 Å². The second-order valence-corrected chi connectivity index (χ2v) is 8.50. The zero-order valence-corrected chi connectivity index (χ0v) is 18.9. The van der Waals surface area contributed by atoms with E-state index in [-0.39, 0.29) is 5.91 Å². The van der Waals surface area contributed by atoms with Gasteiger partial charge in [-0.15, -0.1) is 0 Å². The second kappa shape index (κ2) is 9.58. The molecule has 5 rings (SSSR count). The lowest BCUT2D eigenvalue weighted by Crippen LogP contribution is -2.40. The monoisotopic (exact) mass is 444 g/mol. The van der Waals surface area contributed by atoms with Gasteiger partial charge in [-0.2, -0.15) is 4.98 Å². The van der Waals surface area contributed by atoms with Crippen molar-refractivity contribution >= 4 is 11.9 Å². The summed E-state index contributed by atoms with van der Waals surface area (Å²) in [7, 11) is 0. The number of aryl methyl sites for hydroxylation is 1. The Balaban J connectivity index is 1.43. The van der Waals surface area contributed by atoms with Crippen molar-refractivity contribution in [2.45, 2.75) is 26.3 Å². The molecule has 0 N–H and O–H groups in total. The number of rotatable bonds is 5. The van der Waals surface area contributed by atoms with Crippen LogP contribution in [0, 0.1) is 6.92 Å². The van der Waals surface area contributed by atoms with Gasteiger partial charge < -0.3 is 19.3 Å². The minimum absolute atomic E-state index is 0.102. The van der Waals surface area contributed by atoms with E-state index < -0.39 is 0 Å². The van der Waals surface area contributed by atoms with Crippen LogP contribution in [0.15, 0.2) is 54.6 Å². The molecule has 0 radical (unpaired) electrons. The number of amides is 1. The third-order valence-corrected chi connectivity index (χ3v) is 6.09. The molecule has 0 bridgehead atoms. The van der Waals surface area contributed by atoms with Gasteiger partial charge in [-0.05, 0) is 24.6 Å². The summed E-state index contributed by atoms with van der Waals surface area (Å²) in [6.45, 7) is 5.97. The van der Waals surface area contributed by atoms with Crippen LogP contribution in [0.1, 0.15) is 22.4 Å². The number of carbonyl (C=O) groups is 1. The molecule has 7 nitrogen and oxygen atoms in total. The largest absolute Gasteiger partial charge is 0.438 e. The van der Waals surface area contributed by atoms with Crippen LogP contribution in [-0.4, -0.2) is 53.6 Å². The summed E-state index contributed by atoms with van der Waals surface area (Å²) in [5.41, 5.74) is 4.03. The topological polar surface area (TPSA) is 67.8 Å². The summed E-state index contributed by atoms with van der Waals surface area (Å²) in [5, 5.41) is 0. The van der Waals surface area contributed by atoms with E-state index in [4.69, 9.17) is 19.4 Å². The Hall–Kier alpha value is -3.45. The van der Waals surface area contributed by atoms with Gasteiger partial charge in [0.05, 0.1) is 37.4 Å². The highest BCUT2D eigenvalue weighted by molar-refractivity contribution is 5.79. The molecule has 7 heteroatoms. The molecular formula is C26H28N4O3. The maximum Gasteiger partial charge on any atom is 0.229 e. The average Bonchev–Trinajstić information content (AvgIpc) is 2.86. The van der Waals surface area contributed by atoms with Gasteiger partial charge in [-0.1, -0.05) is 48.0 Å². The van der Waals surface area contributed by atoms with Gasteiger partial charge in [0.15, 0.2) is 0 Å². The first-order valence-electron chi connectivity index (χ1n) is 11.4. The summed E-state index contributed by atoms with van der Waals surface area (Å²) in [5.74, 6) is 2.03. The standard InChI is InChI=1S/C26H28N4O3/c1-19-7-9-21(10-8-19)33-25-22-18-30(24(31)17-20-5-3-2-4-6-20)12-11-23(22)27-26(28-25)29-13-15-32-16-14-29/h2-10H,11-18H2,1H3. The highest BCUT2D eigenvalue weighted by Crippen LogP contribution is 2.32. The number of benzene rings is 2. The number of morpholine rings is 1. The molecular weight excluding hydrogens is 416 g/mol. The molecule has 0 aliphatic carbocycles. The minimum Gasteiger partial charge on any atom is -0.438 e. The van der Waals surface area contributed by atoms with Crippen LogP contribution < -0.4 is 9.64 Å². The highest BCUT2D eigenvalue weighted by atomic mass is 16.5. The van der Waals surface area contributed by atoms with Crippen LogP contribution in [0.2, 0.25) is 0 Å². The predicted molar refractivity (Wildman–Crippen MR) is 126 cm³/mol. The lowest BCUT2D eigenvalue weighted by molar-refractivity contribution is -0.131. The van der Waals surface area contributed by atoms with Crippen LogP contribution in [0.3, 0.4) is 0 Å². The number of carbonyl (C=O) groups excluding carboxylic acids is 1. The molecule has 3 aromatic rings. The van der Waals surface area contributed by atoms with Gasteiger partial charge >= 0.3 is 0 Å². The Morgan fingerprint density at radius 3 is 2.52 bits per heavy atom. The molecule has 33 heavy (non-hydrogen) atoms. The molecule has 0 unspecified atom stereocenters. The normalized spacial score (nSPS) is 15.8. The third kappa shape index (κ3) is 4.98. The summed E-state index contributed by atoms with van der Waals surface area (Å²) >= 11 is 0. The van der Waals surface area contributed by atoms with Crippen LogP contribution >= 0.6 is 0 Å². The summed E-state index contributed by atoms with van der Waals surface area (Å²) in [4.78, 5) is 26.7. The van der Waals surface area contributed by atoms with E-state index in [0.717, 1.165) is 35.7 Å². The van der Waals surface area contributed by atoms with Gasteiger partial charge in [0.1, 0.15) is 5.75 Å². The van der Waals surface area contributed by atoms with E-state index in [2.05, 4.69) is 4.90 Å². The van der Waals surface area contributed by atoms with Crippen LogP contribution in [0.25, 0.3) is 0 Å². The zero-order chi connectivity index (χ0) is 22.6. The first-order valence-corrected chi connectivity index (χ1v) is 11.4. The van der Waals surface area contributed by atoms with Crippen molar-refractivity contribution in [2.24, 2.45) is 0 Å². The summed E-state index contributed by atoms with van der Waals surface area (Å²) in [6, 6.07) is 17.8. The Morgan fingerprint density at radius 1 is 1.00 bits per heavy atom. The fourth-order valence-corrected chi connectivity index (χ4v) is 4.17. The van der Waals surface area contributed by atoms with E-state index in [1.165, 1.54) is 5.56 Å². The molecule has 0 atom stereocenters. The molecule has 2 aliphatic rings. The maximum absolute atomic E-state index is 13.0. The second-order valence-electron chi connectivity index (χ2n) is 8.50. The van der Waals surface area contributed by atoms with Gasteiger partial charge in [0, 0.05) is 26.1 Å². The molecule has 2 aliphatic heterocycles. The Bertz CT molecular complexity index is 1110. The van der Waals surface area contributed by atoms with Gasteiger partial charge in [-0.25, -0.2) is 4.98 Å². The van der Waals surface area contributed by atoms with Gasteiger partial charge in [0.25, 0.3) is 0 Å². The number of hydrogen-bond donors (Lipinski definition) is 0. The van der Waals surface area contributed by atoms with E-state index in [9.17, 15) is 4.79 Å². The Labute approximate surface area is 194 Å². The molecule has 3 heterocycles. The molecule has 1 aromatic heterocycles. The van der Waals surface area contributed by atoms with E-state index in [1.54, 1.807) is 0 Å². The van der Waals surface area contributed by atoms with Crippen molar-refractivity contribution in [3.63, 3.8) is 0 Å². The number of hydrogen-bond acceptors (Lipinski definition) is 6. The van der Waals surface area contributed by atoms with E-state index in [1.807, 2.05) is 66.4 Å². The summed E-state index contributed by atoms with van der Waals surface area (Å²) in [6.07, 6.45) is 1.07.